The molecule has 3 aromatic rings. The van der Waals surface area contributed by atoms with Gasteiger partial charge in [-0.05, 0) is 29.0 Å². The molecule has 1 aliphatic heterocycles. The zero-order chi connectivity index (χ0) is 18.1. The molecule has 1 aromatic heterocycles. The maximum absolute atomic E-state index is 13.1. The van der Waals surface area contributed by atoms with Gasteiger partial charge in [-0.1, -0.05) is 24.3 Å². The minimum Gasteiger partial charge on any atom is -0.497 e. The lowest BCUT2D eigenvalue weighted by Gasteiger charge is -2.32. The highest BCUT2D eigenvalue weighted by Gasteiger charge is 2.32. The molecule has 1 aliphatic rings. The van der Waals surface area contributed by atoms with Crippen LogP contribution in [0.25, 0.3) is 10.1 Å². The third-order valence-corrected chi connectivity index (χ3v) is 7.41. The molecule has 0 radical (unpaired) electrons. The van der Waals surface area contributed by atoms with E-state index in [-0.39, 0.29) is 11.0 Å². The Morgan fingerprint density at radius 2 is 2.04 bits per heavy atom. The molecule has 1 saturated heterocycles. The van der Waals surface area contributed by atoms with Crippen LogP contribution >= 0.6 is 11.3 Å². The van der Waals surface area contributed by atoms with E-state index in [4.69, 9.17) is 9.47 Å². The SMILES string of the molecule is COc1cccc(S(=O)(=O)N2CCO[C@H](c3csc4ccccc34)C2)c1. The average molecular weight is 389 g/mol. The van der Waals surface area contributed by atoms with Gasteiger partial charge in [0.25, 0.3) is 0 Å². The number of hydrogen-bond acceptors (Lipinski definition) is 5. The van der Waals surface area contributed by atoms with Crippen LogP contribution in [0.1, 0.15) is 11.7 Å². The van der Waals surface area contributed by atoms with Crippen molar-refractivity contribution in [3.8, 4) is 5.75 Å². The first-order chi connectivity index (χ1) is 12.6. The molecule has 2 aromatic carbocycles. The zero-order valence-corrected chi connectivity index (χ0v) is 15.9. The molecule has 2 heterocycles. The van der Waals surface area contributed by atoms with Crippen molar-refractivity contribution in [2.24, 2.45) is 0 Å². The second kappa shape index (κ2) is 7.00. The monoisotopic (exact) mass is 389 g/mol. The first-order valence-electron chi connectivity index (χ1n) is 8.31. The quantitative estimate of drug-likeness (QED) is 0.683. The molecule has 0 saturated carbocycles. The van der Waals surface area contributed by atoms with Gasteiger partial charge in [0.2, 0.25) is 10.0 Å². The molecule has 1 atom stereocenters. The van der Waals surface area contributed by atoms with Gasteiger partial charge < -0.3 is 9.47 Å². The van der Waals surface area contributed by atoms with Crippen molar-refractivity contribution < 1.29 is 17.9 Å². The van der Waals surface area contributed by atoms with Gasteiger partial charge in [0.1, 0.15) is 5.75 Å². The summed E-state index contributed by atoms with van der Waals surface area (Å²) in [4.78, 5) is 0.243. The predicted octanol–water partition coefficient (Wildman–Crippen LogP) is 3.67. The van der Waals surface area contributed by atoms with Gasteiger partial charge in [0, 0.05) is 29.4 Å². The third-order valence-electron chi connectivity index (χ3n) is 4.57. The average Bonchev–Trinajstić information content (AvgIpc) is 3.12. The summed E-state index contributed by atoms with van der Waals surface area (Å²) in [5, 5.41) is 3.19. The van der Waals surface area contributed by atoms with E-state index < -0.39 is 10.0 Å². The lowest BCUT2D eigenvalue weighted by atomic mass is 10.1. The Morgan fingerprint density at radius 3 is 2.88 bits per heavy atom. The molecular formula is C19H19NO4S2. The normalized spacial score (nSPS) is 18.9. The van der Waals surface area contributed by atoms with Gasteiger partial charge in [-0.3, -0.25) is 0 Å². The topological polar surface area (TPSA) is 55.8 Å². The maximum Gasteiger partial charge on any atom is 0.243 e. The Hall–Kier alpha value is -1.93. The summed E-state index contributed by atoms with van der Waals surface area (Å²) in [6, 6.07) is 14.7. The van der Waals surface area contributed by atoms with Crippen LogP contribution in [-0.2, 0) is 14.8 Å². The maximum atomic E-state index is 13.1. The fourth-order valence-corrected chi connectivity index (χ4v) is 5.65. The summed E-state index contributed by atoms with van der Waals surface area (Å²) in [6.07, 6.45) is -0.264. The van der Waals surface area contributed by atoms with Gasteiger partial charge in [-0.25, -0.2) is 8.42 Å². The number of hydrogen-bond donors (Lipinski definition) is 0. The molecular weight excluding hydrogens is 370 g/mol. The minimum absolute atomic E-state index is 0.243. The lowest BCUT2D eigenvalue weighted by molar-refractivity contribution is -0.00154. The molecule has 0 spiro atoms. The van der Waals surface area contributed by atoms with Crippen molar-refractivity contribution in [3.05, 3.63) is 59.5 Å². The summed E-state index contributed by atoms with van der Waals surface area (Å²) in [7, 11) is -2.07. The van der Waals surface area contributed by atoms with Crippen molar-refractivity contribution in [3.63, 3.8) is 0 Å². The fraction of sp³-hybridized carbons (Fsp3) is 0.263. The second-order valence-electron chi connectivity index (χ2n) is 6.09. The largest absolute Gasteiger partial charge is 0.497 e. The fourth-order valence-electron chi connectivity index (χ4n) is 3.19. The summed E-state index contributed by atoms with van der Waals surface area (Å²) in [6.45, 7) is 1.02. The van der Waals surface area contributed by atoms with E-state index in [1.54, 1.807) is 35.6 Å². The van der Waals surface area contributed by atoms with Crippen LogP contribution in [0, 0.1) is 0 Å². The van der Waals surface area contributed by atoms with Crippen LogP contribution in [0.5, 0.6) is 5.75 Å². The number of fused-ring (bicyclic) bond motifs is 1. The first-order valence-corrected chi connectivity index (χ1v) is 10.6. The van der Waals surface area contributed by atoms with Crippen molar-refractivity contribution in [1.82, 2.24) is 4.31 Å². The van der Waals surface area contributed by atoms with Crippen LogP contribution in [0.3, 0.4) is 0 Å². The van der Waals surface area contributed by atoms with Crippen molar-refractivity contribution in [2.75, 3.05) is 26.8 Å². The predicted molar refractivity (Wildman–Crippen MR) is 102 cm³/mol. The Labute approximate surface area is 156 Å². The summed E-state index contributed by atoms with van der Waals surface area (Å²) in [5.74, 6) is 0.528. The lowest BCUT2D eigenvalue weighted by Crippen LogP contribution is -2.42. The van der Waals surface area contributed by atoms with E-state index in [0.717, 1.165) is 10.9 Å². The number of rotatable bonds is 4. The van der Waals surface area contributed by atoms with E-state index in [9.17, 15) is 8.42 Å². The molecule has 136 valence electrons. The van der Waals surface area contributed by atoms with Crippen LogP contribution in [0.4, 0.5) is 0 Å². The van der Waals surface area contributed by atoms with Crippen LogP contribution in [0.15, 0.2) is 58.8 Å². The smallest absolute Gasteiger partial charge is 0.243 e. The summed E-state index contributed by atoms with van der Waals surface area (Å²) in [5.41, 5.74) is 1.05. The Morgan fingerprint density at radius 1 is 1.19 bits per heavy atom. The first kappa shape index (κ1) is 17.5. The highest BCUT2D eigenvalue weighted by atomic mass is 32.2. The molecule has 0 amide bonds. The van der Waals surface area contributed by atoms with E-state index in [1.807, 2.05) is 12.1 Å². The second-order valence-corrected chi connectivity index (χ2v) is 8.94. The Kier molecular flexibility index (Phi) is 4.71. The highest BCUT2D eigenvalue weighted by molar-refractivity contribution is 7.89. The molecule has 0 unspecified atom stereocenters. The van der Waals surface area contributed by atoms with E-state index in [0.29, 0.717) is 25.4 Å². The number of thiophene rings is 1. The number of ether oxygens (including phenoxy) is 2. The molecule has 7 heteroatoms. The molecule has 26 heavy (non-hydrogen) atoms. The Balaban J connectivity index is 1.64. The van der Waals surface area contributed by atoms with Crippen LogP contribution in [-0.4, -0.2) is 39.5 Å². The van der Waals surface area contributed by atoms with Crippen LogP contribution in [0.2, 0.25) is 0 Å². The van der Waals surface area contributed by atoms with Gasteiger partial charge in [-0.15, -0.1) is 11.3 Å². The van der Waals surface area contributed by atoms with Gasteiger partial charge in [-0.2, -0.15) is 4.31 Å². The molecule has 5 nitrogen and oxygen atoms in total. The van der Waals surface area contributed by atoms with Crippen molar-refractivity contribution in [2.45, 2.75) is 11.0 Å². The number of morpholine rings is 1. The zero-order valence-electron chi connectivity index (χ0n) is 14.3. The highest BCUT2D eigenvalue weighted by Crippen LogP contribution is 2.35. The molecule has 0 aliphatic carbocycles. The molecule has 4 rings (SSSR count). The Bertz CT molecular complexity index is 1030. The minimum atomic E-state index is -3.60. The van der Waals surface area contributed by atoms with Crippen molar-refractivity contribution in [1.29, 1.82) is 0 Å². The number of benzene rings is 2. The standard InChI is InChI=1S/C19H19NO4S2/c1-23-14-5-4-6-15(11-14)26(21,22)20-9-10-24-18(12-20)17-13-25-19-8-3-2-7-16(17)19/h2-8,11,13,18H,9-10,12H2,1H3/t18-/m0/s1. The number of sulfonamides is 1. The van der Waals surface area contributed by atoms with E-state index >= 15 is 0 Å². The van der Waals surface area contributed by atoms with E-state index in [2.05, 4.69) is 17.5 Å². The number of methoxy groups -OCH3 is 1. The third kappa shape index (κ3) is 3.12. The van der Waals surface area contributed by atoms with Gasteiger partial charge >= 0.3 is 0 Å². The summed E-state index contributed by atoms with van der Waals surface area (Å²) < 4.78 is 39.9. The van der Waals surface area contributed by atoms with Gasteiger partial charge in [0.05, 0.1) is 24.7 Å². The van der Waals surface area contributed by atoms with Crippen molar-refractivity contribution >= 4 is 31.4 Å². The van der Waals surface area contributed by atoms with Gasteiger partial charge in [0.15, 0.2) is 0 Å². The summed E-state index contributed by atoms with van der Waals surface area (Å²) >= 11 is 1.65. The van der Waals surface area contributed by atoms with E-state index in [1.165, 1.54) is 16.1 Å². The molecule has 0 N–H and O–H groups in total. The number of nitrogens with zero attached hydrogens (tertiary/aromatic N) is 1. The molecule has 0 bridgehead atoms. The van der Waals surface area contributed by atoms with Crippen LogP contribution < -0.4 is 4.74 Å². The molecule has 1 fully saturated rings.